The van der Waals surface area contributed by atoms with Crippen LogP contribution in [0.4, 0.5) is 0 Å². The molecule has 0 aliphatic carbocycles. The van der Waals surface area contributed by atoms with Gasteiger partial charge in [0.25, 0.3) is 0 Å². The van der Waals surface area contributed by atoms with Crippen molar-refractivity contribution in [1.29, 1.82) is 0 Å². The SMILES string of the molecule is CCCN(C(=O)Cc1csc(-c2ccc(CC)cc2)n1)C1CCNCC1.Cl. The van der Waals surface area contributed by atoms with Crippen LogP contribution in [0.25, 0.3) is 10.6 Å². The van der Waals surface area contributed by atoms with Crippen LogP contribution in [0.3, 0.4) is 0 Å². The molecule has 1 aliphatic rings. The lowest BCUT2D eigenvalue weighted by atomic mass is 10.0. The van der Waals surface area contributed by atoms with Gasteiger partial charge < -0.3 is 10.2 Å². The van der Waals surface area contributed by atoms with Crippen LogP contribution in [0.5, 0.6) is 0 Å². The minimum absolute atomic E-state index is 0. The Morgan fingerprint density at radius 3 is 2.56 bits per heavy atom. The number of hydrogen-bond donors (Lipinski definition) is 1. The second kappa shape index (κ2) is 10.8. The molecule has 6 heteroatoms. The third-order valence-corrected chi connectivity index (χ3v) is 5.97. The number of piperidine rings is 1. The van der Waals surface area contributed by atoms with E-state index in [9.17, 15) is 4.79 Å². The minimum Gasteiger partial charge on any atom is -0.339 e. The molecule has 0 bridgehead atoms. The molecule has 0 radical (unpaired) electrons. The lowest BCUT2D eigenvalue weighted by Gasteiger charge is -2.34. The predicted molar refractivity (Wildman–Crippen MR) is 116 cm³/mol. The number of aryl methyl sites for hydroxylation is 1. The van der Waals surface area contributed by atoms with E-state index >= 15 is 0 Å². The summed E-state index contributed by atoms with van der Waals surface area (Å²) < 4.78 is 0. The first-order valence-electron chi connectivity index (χ1n) is 9.75. The first-order valence-corrected chi connectivity index (χ1v) is 10.6. The molecule has 1 aromatic carbocycles. The van der Waals surface area contributed by atoms with Crippen molar-refractivity contribution in [2.24, 2.45) is 0 Å². The van der Waals surface area contributed by atoms with Gasteiger partial charge in [-0.25, -0.2) is 4.98 Å². The molecule has 27 heavy (non-hydrogen) atoms. The summed E-state index contributed by atoms with van der Waals surface area (Å²) in [6, 6.07) is 8.94. The van der Waals surface area contributed by atoms with Gasteiger partial charge in [-0.1, -0.05) is 38.1 Å². The first kappa shape index (κ1) is 21.9. The van der Waals surface area contributed by atoms with E-state index in [0.29, 0.717) is 12.5 Å². The number of carbonyl (C=O) groups excluding carboxylic acids is 1. The molecule has 0 spiro atoms. The Kier molecular flexibility index (Phi) is 8.74. The number of aromatic nitrogens is 1. The molecule has 1 N–H and O–H groups in total. The van der Waals surface area contributed by atoms with Gasteiger partial charge in [-0.15, -0.1) is 23.7 Å². The van der Waals surface area contributed by atoms with Crippen LogP contribution in [0.15, 0.2) is 29.6 Å². The maximum Gasteiger partial charge on any atom is 0.228 e. The van der Waals surface area contributed by atoms with E-state index in [4.69, 9.17) is 4.98 Å². The van der Waals surface area contributed by atoms with Crippen LogP contribution in [0.1, 0.15) is 44.4 Å². The molecule has 1 amide bonds. The zero-order chi connectivity index (χ0) is 18.4. The number of halogens is 1. The highest BCUT2D eigenvalue weighted by Crippen LogP contribution is 2.25. The molecule has 3 rings (SSSR count). The fourth-order valence-electron chi connectivity index (χ4n) is 3.53. The van der Waals surface area contributed by atoms with Crippen molar-refractivity contribution in [1.82, 2.24) is 15.2 Å². The van der Waals surface area contributed by atoms with Gasteiger partial charge in [0, 0.05) is 23.5 Å². The predicted octanol–water partition coefficient (Wildman–Crippen LogP) is 4.33. The summed E-state index contributed by atoms with van der Waals surface area (Å²) in [6.45, 7) is 7.16. The first-order chi connectivity index (χ1) is 12.7. The number of amides is 1. The van der Waals surface area contributed by atoms with E-state index < -0.39 is 0 Å². The average Bonchev–Trinajstić information content (AvgIpc) is 3.15. The van der Waals surface area contributed by atoms with E-state index in [-0.39, 0.29) is 18.3 Å². The van der Waals surface area contributed by atoms with Crippen LogP contribution in [0, 0.1) is 0 Å². The molecular weight excluding hydrogens is 378 g/mol. The summed E-state index contributed by atoms with van der Waals surface area (Å²) >= 11 is 1.63. The van der Waals surface area contributed by atoms with Gasteiger partial charge in [0.2, 0.25) is 5.91 Å². The van der Waals surface area contributed by atoms with Gasteiger partial charge in [0.05, 0.1) is 12.1 Å². The second-order valence-electron chi connectivity index (χ2n) is 6.94. The van der Waals surface area contributed by atoms with Gasteiger partial charge >= 0.3 is 0 Å². The molecule has 148 valence electrons. The van der Waals surface area contributed by atoms with Gasteiger partial charge in [0.1, 0.15) is 5.01 Å². The number of rotatable bonds is 7. The van der Waals surface area contributed by atoms with Gasteiger partial charge in [0.15, 0.2) is 0 Å². The van der Waals surface area contributed by atoms with Crippen molar-refractivity contribution in [3.05, 3.63) is 40.9 Å². The van der Waals surface area contributed by atoms with Crippen LogP contribution in [-0.2, 0) is 17.6 Å². The molecule has 4 nitrogen and oxygen atoms in total. The van der Waals surface area contributed by atoms with Crippen molar-refractivity contribution in [3.8, 4) is 10.6 Å². The topological polar surface area (TPSA) is 45.2 Å². The monoisotopic (exact) mass is 407 g/mol. The van der Waals surface area contributed by atoms with Crippen LogP contribution < -0.4 is 5.32 Å². The highest BCUT2D eigenvalue weighted by molar-refractivity contribution is 7.13. The lowest BCUT2D eigenvalue weighted by Crippen LogP contribution is -2.47. The van der Waals surface area contributed by atoms with E-state index in [1.807, 2.05) is 5.38 Å². The van der Waals surface area contributed by atoms with Crippen LogP contribution >= 0.6 is 23.7 Å². The third kappa shape index (κ3) is 5.77. The van der Waals surface area contributed by atoms with Crippen molar-refractivity contribution >= 4 is 29.7 Å². The van der Waals surface area contributed by atoms with E-state index in [0.717, 1.165) is 61.6 Å². The normalized spacial score (nSPS) is 14.6. The zero-order valence-corrected chi connectivity index (χ0v) is 17.9. The third-order valence-electron chi connectivity index (χ3n) is 5.03. The smallest absolute Gasteiger partial charge is 0.228 e. The summed E-state index contributed by atoms with van der Waals surface area (Å²) in [5.74, 6) is 0.219. The van der Waals surface area contributed by atoms with Gasteiger partial charge in [-0.05, 0) is 44.3 Å². The maximum atomic E-state index is 12.9. The lowest BCUT2D eigenvalue weighted by molar-refractivity contribution is -0.133. The molecular formula is C21H30ClN3OS. The Hall–Kier alpha value is -1.43. The fraction of sp³-hybridized carbons (Fsp3) is 0.524. The Bertz CT molecular complexity index is 710. The Morgan fingerprint density at radius 1 is 1.22 bits per heavy atom. The molecule has 2 aromatic rings. The van der Waals surface area contributed by atoms with E-state index in [1.165, 1.54) is 5.56 Å². The van der Waals surface area contributed by atoms with E-state index in [2.05, 4.69) is 48.3 Å². The molecule has 1 fully saturated rings. The van der Waals surface area contributed by atoms with Crippen molar-refractivity contribution in [2.45, 2.75) is 52.0 Å². The summed E-state index contributed by atoms with van der Waals surface area (Å²) in [4.78, 5) is 19.7. The van der Waals surface area contributed by atoms with Crippen molar-refractivity contribution in [3.63, 3.8) is 0 Å². The molecule has 2 heterocycles. The van der Waals surface area contributed by atoms with E-state index in [1.54, 1.807) is 11.3 Å². The zero-order valence-electron chi connectivity index (χ0n) is 16.2. The maximum absolute atomic E-state index is 12.9. The number of nitrogens with zero attached hydrogens (tertiary/aromatic N) is 2. The molecule has 0 saturated carbocycles. The Balaban J connectivity index is 0.00000261. The van der Waals surface area contributed by atoms with Crippen molar-refractivity contribution in [2.75, 3.05) is 19.6 Å². The molecule has 1 aliphatic heterocycles. The highest BCUT2D eigenvalue weighted by atomic mass is 35.5. The molecule has 0 atom stereocenters. The summed E-state index contributed by atoms with van der Waals surface area (Å²) in [5, 5.41) is 6.42. The standard InChI is InChI=1S/C21H29N3OS.ClH/c1-3-13-24(19-9-11-22-12-10-19)20(25)14-18-15-26-21(23-18)17-7-5-16(4-2)6-8-17;/h5-8,15,19,22H,3-4,9-14H2,1-2H3;1H. The molecule has 1 saturated heterocycles. The van der Waals surface area contributed by atoms with Gasteiger partial charge in [-0.3, -0.25) is 4.79 Å². The fourth-order valence-corrected chi connectivity index (χ4v) is 4.36. The average molecular weight is 408 g/mol. The largest absolute Gasteiger partial charge is 0.339 e. The van der Waals surface area contributed by atoms with Crippen LogP contribution in [-0.4, -0.2) is 41.5 Å². The second-order valence-corrected chi connectivity index (χ2v) is 7.80. The number of thiazole rings is 1. The minimum atomic E-state index is 0. The quantitative estimate of drug-likeness (QED) is 0.743. The summed E-state index contributed by atoms with van der Waals surface area (Å²) in [7, 11) is 0. The number of carbonyl (C=O) groups is 1. The number of benzene rings is 1. The molecule has 1 aromatic heterocycles. The van der Waals surface area contributed by atoms with Crippen molar-refractivity contribution < 1.29 is 4.79 Å². The van der Waals surface area contributed by atoms with Crippen LogP contribution in [0.2, 0.25) is 0 Å². The molecule has 0 unspecified atom stereocenters. The van der Waals surface area contributed by atoms with Gasteiger partial charge in [-0.2, -0.15) is 0 Å². The Labute approximate surface area is 172 Å². The number of nitrogens with one attached hydrogen (secondary N) is 1. The Morgan fingerprint density at radius 2 is 1.93 bits per heavy atom. The summed E-state index contributed by atoms with van der Waals surface area (Å²) in [6.07, 6.45) is 4.56. The number of hydrogen-bond acceptors (Lipinski definition) is 4. The summed E-state index contributed by atoms with van der Waals surface area (Å²) in [5.41, 5.74) is 3.36. The highest BCUT2D eigenvalue weighted by Gasteiger charge is 2.25.